The highest BCUT2D eigenvalue weighted by Crippen LogP contribution is 2.62. The molecule has 1 aromatic rings. The van der Waals surface area contributed by atoms with Gasteiger partial charge in [-0.15, -0.1) is 0 Å². The van der Waals surface area contributed by atoms with Gasteiger partial charge in [0, 0.05) is 5.92 Å². The van der Waals surface area contributed by atoms with E-state index >= 15 is 0 Å². The van der Waals surface area contributed by atoms with Crippen molar-refractivity contribution in [2.75, 3.05) is 0 Å². The van der Waals surface area contributed by atoms with Crippen molar-refractivity contribution in [1.82, 2.24) is 0 Å². The highest BCUT2D eigenvalue weighted by molar-refractivity contribution is 7.93. The van der Waals surface area contributed by atoms with Crippen molar-refractivity contribution in [2.45, 2.75) is 68.5 Å². The zero-order chi connectivity index (χ0) is 22.0. The molecule has 2 saturated carbocycles. The Hall–Kier alpha value is -1.66. The number of hydrogen-bond acceptors (Lipinski definition) is 5. The van der Waals surface area contributed by atoms with Gasteiger partial charge in [-0.25, -0.2) is 8.42 Å². The minimum absolute atomic E-state index is 0.101. The van der Waals surface area contributed by atoms with Crippen molar-refractivity contribution >= 4 is 15.8 Å². The first kappa shape index (κ1) is 21.2. The third-order valence-electron chi connectivity index (χ3n) is 8.23. The van der Waals surface area contributed by atoms with Gasteiger partial charge in [-0.05, 0) is 55.1 Å². The summed E-state index contributed by atoms with van der Waals surface area (Å²) in [5.74, 6) is -0.234. The van der Waals surface area contributed by atoms with Gasteiger partial charge >= 0.3 is 5.97 Å². The van der Waals surface area contributed by atoms with Gasteiger partial charge in [-0.1, -0.05) is 57.5 Å². The molecule has 0 N–H and O–H groups in total. The molecule has 0 spiro atoms. The Kier molecular flexibility index (Phi) is 5.09. The van der Waals surface area contributed by atoms with Gasteiger partial charge in [0.25, 0.3) is 0 Å². The van der Waals surface area contributed by atoms with E-state index in [9.17, 15) is 13.2 Å². The summed E-state index contributed by atoms with van der Waals surface area (Å²) in [5.41, 5.74) is 0. The largest absolute Gasteiger partial charge is 0.434 e. The predicted molar refractivity (Wildman–Crippen MR) is 117 cm³/mol. The fourth-order valence-corrected chi connectivity index (χ4v) is 9.15. The molecule has 31 heavy (non-hydrogen) atoms. The summed E-state index contributed by atoms with van der Waals surface area (Å²) in [6.45, 7) is 6.60. The lowest BCUT2D eigenvalue weighted by Crippen LogP contribution is -2.56. The van der Waals surface area contributed by atoms with Crippen LogP contribution in [0.1, 0.15) is 46.5 Å². The topological polar surface area (TPSA) is 69.7 Å². The summed E-state index contributed by atoms with van der Waals surface area (Å²) in [6, 6.07) is 8.50. The molecule has 1 heterocycles. The number of fused-ring (bicyclic) bond motifs is 5. The van der Waals surface area contributed by atoms with Crippen molar-refractivity contribution < 1.29 is 22.7 Å². The van der Waals surface area contributed by atoms with E-state index in [4.69, 9.17) is 9.47 Å². The first-order chi connectivity index (χ1) is 14.8. The molecule has 2 bridgehead atoms. The highest BCUT2D eigenvalue weighted by atomic mass is 32.2. The fourth-order valence-electron chi connectivity index (χ4n) is 6.69. The molecule has 1 aromatic carbocycles. The van der Waals surface area contributed by atoms with E-state index in [0.717, 1.165) is 19.3 Å². The second-order valence-electron chi connectivity index (χ2n) is 10.3. The highest BCUT2D eigenvalue weighted by Gasteiger charge is 2.75. The normalized spacial score (nSPS) is 41.5. The maximum absolute atomic E-state index is 14.2. The summed E-state index contributed by atoms with van der Waals surface area (Å²) in [4.78, 5) is 13.3. The zero-order valence-electron chi connectivity index (χ0n) is 18.4. The molecule has 1 saturated heterocycles. The van der Waals surface area contributed by atoms with Gasteiger partial charge in [0.05, 0.1) is 16.9 Å². The van der Waals surface area contributed by atoms with E-state index in [-0.39, 0.29) is 22.8 Å². The monoisotopic (exact) mass is 444 g/mol. The number of esters is 1. The number of carbonyl (C=O) groups is 1. The van der Waals surface area contributed by atoms with E-state index in [0.29, 0.717) is 24.2 Å². The molecule has 0 aromatic heterocycles. The quantitative estimate of drug-likeness (QED) is 0.498. The van der Waals surface area contributed by atoms with Crippen LogP contribution in [0.3, 0.4) is 0 Å². The number of hydrogen-bond donors (Lipinski definition) is 0. The Labute approximate surface area is 185 Å². The summed E-state index contributed by atoms with van der Waals surface area (Å²) in [5, 5.41) is 0. The first-order valence-electron chi connectivity index (χ1n) is 11.6. The van der Waals surface area contributed by atoms with Gasteiger partial charge in [-0.2, -0.15) is 0 Å². The molecule has 0 amide bonds. The van der Waals surface area contributed by atoms with Gasteiger partial charge in [0.2, 0.25) is 6.29 Å². The Balaban J connectivity index is 1.59. The minimum Gasteiger partial charge on any atom is -0.434 e. The summed E-state index contributed by atoms with van der Waals surface area (Å²) in [7, 11) is -3.87. The number of rotatable bonds is 5. The van der Waals surface area contributed by atoms with Crippen LogP contribution in [-0.4, -0.2) is 31.5 Å². The van der Waals surface area contributed by atoms with Crippen molar-refractivity contribution in [3.63, 3.8) is 0 Å². The number of allylic oxidation sites excluding steroid dienone is 2. The number of sulfone groups is 1. The molecule has 4 aliphatic rings. The number of benzene rings is 1. The maximum Gasteiger partial charge on any atom is 0.313 e. The smallest absolute Gasteiger partial charge is 0.313 e. The van der Waals surface area contributed by atoms with E-state index in [1.54, 1.807) is 30.3 Å². The van der Waals surface area contributed by atoms with Crippen molar-refractivity contribution in [2.24, 2.45) is 35.5 Å². The number of carbonyl (C=O) groups excluding carboxylic acids is 1. The zero-order valence-corrected chi connectivity index (χ0v) is 19.3. The van der Waals surface area contributed by atoms with Crippen LogP contribution in [0.15, 0.2) is 47.4 Å². The molecule has 3 fully saturated rings. The average molecular weight is 445 g/mol. The van der Waals surface area contributed by atoms with Crippen LogP contribution in [0, 0.1) is 35.5 Å². The molecule has 8 atom stereocenters. The minimum atomic E-state index is -3.87. The van der Waals surface area contributed by atoms with E-state index < -0.39 is 32.8 Å². The van der Waals surface area contributed by atoms with Gasteiger partial charge in [0.15, 0.2) is 14.6 Å². The Morgan fingerprint density at radius 3 is 2.55 bits per heavy atom. The molecule has 3 aliphatic carbocycles. The lowest BCUT2D eigenvalue weighted by molar-refractivity contribution is -0.194. The fraction of sp³-hybridized carbons (Fsp3) is 0.640. The van der Waals surface area contributed by atoms with Crippen LogP contribution in [0.4, 0.5) is 0 Å². The van der Waals surface area contributed by atoms with Crippen LogP contribution >= 0.6 is 0 Å². The standard InChI is InChI=1S/C25H32O5S/c1-15(2)20-12-9-16(3)13-21(20)29-24-25(31(27,28)19-7-5-4-6-8-19)18-11-10-17(14-18)22(25)23(26)30-24/h4-8,10-11,15-18,20-22,24H,9,12-14H2,1-3H3/t16-,17-,18+,20+,21-,22-,24+,25+/m1/s1. The number of cyclic esters (lactones) is 1. The summed E-state index contributed by atoms with van der Waals surface area (Å²) >= 11 is 0. The van der Waals surface area contributed by atoms with Gasteiger partial charge in [0.1, 0.15) is 0 Å². The maximum atomic E-state index is 14.2. The summed E-state index contributed by atoms with van der Waals surface area (Å²) < 4.78 is 39.3. The van der Waals surface area contributed by atoms with Gasteiger partial charge in [-0.3, -0.25) is 4.79 Å². The molecule has 1 aliphatic heterocycles. The molecular formula is C25H32O5S. The first-order valence-corrected chi connectivity index (χ1v) is 13.1. The number of ether oxygens (including phenoxy) is 2. The molecule has 0 unspecified atom stereocenters. The average Bonchev–Trinajstić information content (AvgIpc) is 3.41. The molecule has 5 rings (SSSR count). The third-order valence-corrected chi connectivity index (χ3v) is 10.8. The second kappa shape index (κ2) is 7.45. The van der Waals surface area contributed by atoms with Crippen LogP contribution in [0.25, 0.3) is 0 Å². The molecular weight excluding hydrogens is 412 g/mol. The molecule has 0 radical (unpaired) electrons. The Morgan fingerprint density at radius 1 is 1.10 bits per heavy atom. The van der Waals surface area contributed by atoms with Crippen LogP contribution in [-0.2, 0) is 24.1 Å². The lowest BCUT2D eigenvalue weighted by atomic mass is 9.75. The van der Waals surface area contributed by atoms with Crippen molar-refractivity contribution in [3.8, 4) is 0 Å². The Morgan fingerprint density at radius 2 is 1.84 bits per heavy atom. The van der Waals surface area contributed by atoms with Crippen LogP contribution in [0.2, 0.25) is 0 Å². The van der Waals surface area contributed by atoms with Crippen molar-refractivity contribution in [3.05, 3.63) is 42.5 Å². The van der Waals surface area contributed by atoms with E-state index in [1.807, 2.05) is 12.2 Å². The second-order valence-corrected chi connectivity index (χ2v) is 12.5. The van der Waals surface area contributed by atoms with E-state index in [2.05, 4.69) is 20.8 Å². The molecule has 6 heteroatoms. The van der Waals surface area contributed by atoms with Crippen LogP contribution in [0.5, 0.6) is 0 Å². The molecule has 5 nitrogen and oxygen atoms in total. The lowest BCUT2D eigenvalue weighted by Gasteiger charge is -2.42. The van der Waals surface area contributed by atoms with Crippen molar-refractivity contribution in [1.29, 1.82) is 0 Å². The Bertz CT molecular complexity index is 984. The predicted octanol–water partition coefficient (Wildman–Crippen LogP) is 4.38. The molecule has 168 valence electrons. The van der Waals surface area contributed by atoms with Gasteiger partial charge < -0.3 is 9.47 Å². The van der Waals surface area contributed by atoms with Crippen LogP contribution < -0.4 is 0 Å². The SMILES string of the molecule is CC(C)[C@@H]1CC[C@@H](C)C[C@H]1O[C@H]1OC(=O)[C@H]2[C@@H]3C=C[C@@H](C3)[C@@]12S(=O)(=O)c1ccccc1. The third kappa shape index (κ3) is 2.97. The van der Waals surface area contributed by atoms with E-state index in [1.165, 1.54) is 0 Å². The summed E-state index contributed by atoms with van der Waals surface area (Å²) in [6.07, 6.45) is 6.54.